The van der Waals surface area contributed by atoms with Crippen molar-refractivity contribution in [2.75, 3.05) is 5.73 Å². The van der Waals surface area contributed by atoms with Crippen molar-refractivity contribution in [3.05, 3.63) is 24.7 Å². The predicted molar refractivity (Wildman–Crippen MR) is 58.0 cm³/mol. The quantitative estimate of drug-likeness (QED) is 0.817. The highest BCUT2D eigenvalue weighted by atomic mass is 15.3. The summed E-state index contributed by atoms with van der Waals surface area (Å²) in [6.45, 7) is 3.02. The maximum atomic E-state index is 5.62. The van der Waals surface area contributed by atoms with Crippen LogP contribution in [0.1, 0.15) is 13.3 Å². The lowest BCUT2D eigenvalue weighted by Gasteiger charge is -2.04. The van der Waals surface area contributed by atoms with Gasteiger partial charge in [0.2, 0.25) is 0 Å². The summed E-state index contributed by atoms with van der Waals surface area (Å²) in [5, 5.41) is 7.97. The van der Waals surface area contributed by atoms with E-state index in [0.717, 1.165) is 24.4 Å². The van der Waals surface area contributed by atoms with Gasteiger partial charge in [-0.15, -0.1) is 10.2 Å². The summed E-state index contributed by atoms with van der Waals surface area (Å²) in [6.07, 6.45) is 4.46. The van der Waals surface area contributed by atoms with Crippen molar-refractivity contribution in [2.45, 2.75) is 19.9 Å². The molecule has 0 unspecified atom stereocenters. The minimum atomic E-state index is 0.499. The zero-order valence-corrected chi connectivity index (χ0v) is 8.59. The highest BCUT2D eigenvalue weighted by molar-refractivity contribution is 5.58. The molecule has 0 saturated heterocycles. The molecule has 0 bridgehead atoms. The lowest BCUT2D eigenvalue weighted by molar-refractivity contribution is 0.682. The fraction of sp³-hybridized carbons (Fsp3) is 0.300. The third-order valence-electron chi connectivity index (χ3n) is 2.12. The summed E-state index contributed by atoms with van der Waals surface area (Å²) in [5.41, 5.74) is 6.57. The van der Waals surface area contributed by atoms with E-state index in [4.69, 9.17) is 5.73 Å². The van der Waals surface area contributed by atoms with Gasteiger partial charge in [-0.3, -0.25) is 0 Å². The molecule has 2 N–H and O–H groups in total. The molecule has 0 amide bonds. The Morgan fingerprint density at radius 3 is 3.07 bits per heavy atom. The van der Waals surface area contributed by atoms with E-state index in [1.165, 1.54) is 0 Å². The molecule has 0 aliphatic rings. The zero-order valence-electron chi connectivity index (χ0n) is 8.59. The second kappa shape index (κ2) is 4.08. The predicted octanol–water partition coefficient (Wildman–Crippen LogP) is 1.33. The Hall–Kier alpha value is -1.91. The summed E-state index contributed by atoms with van der Waals surface area (Å²) in [4.78, 5) is 3.95. The first kappa shape index (κ1) is 9.64. The monoisotopic (exact) mass is 203 g/mol. The van der Waals surface area contributed by atoms with Gasteiger partial charge in [0.15, 0.2) is 5.82 Å². The van der Waals surface area contributed by atoms with Gasteiger partial charge in [0.25, 0.3) is 0 Å². The van der Waals surface area contributed by atoms with Crippen LogP contribution in [-0.2, 0) is 6.54 Å². The first-order chi connectivity index (χ1) is 7.31. The fourth-order valence-electron chi connectivity index (χ4n) is 1.47. The molecule has 0 aromatic carbocycles. The van der Waals surface area contributed by atoms with Crippen molar-refractivity contribution in [1.82, 2.24) is 19.7 Å². The zero-order chi connectivity index (χ0) is 10.7. The van der Waals surface area contributed by atoms with Crippen LogP contribution in [0.2, 0.25) is 0 Å². The summed E-state index contributed by atoms with van der Waals surface area (Å²) in [5.74, 6) is 1.34. The fourth-order valence-corrected chi connectivity index (χ4v) is 1.47. The van der Waals surface area contributed by atoms with Crippen LogP contribution < -0.4 is 5.73 Å². The molecular weight excluding hydrogens is 190 g/mol. The van der Waals surface area contributed by atoms with Crippen molar-refractivity contribution in [2.24, 2.45) is 0 Å². The standard InChI is InChI=1S/C10H13N5/c1-2-5-15-7-13-14-10(15)8-3-4-12-9(11)6-8/h3-4,6-7H,2,5H2,1H3,(H2,11,12). The van der Waals surface area contributed by atoms with Gasteiger partial charge in [0, 0.05) is 18.3 Å². The molecule has 0 aliphatic carbocycles. The van der Waals surface area contributed by atoms with Crippen molar-refractivity contribution < 1.29 is 0 Å². The van der Waals surface area contributed by atoms with E-state index in [1.807, 2.05) is 10.6 Å². The number of anilines is 1. The van der Waals surface area contributed by atoms with E-state index in [1.54, 1.807) is 18.6 Å². The number of pyridine rings is 1. The van der Waals surface area contributed by atoms with Crippen molar-refractivity contribution in [3.8, 4) is 11.4 Å². The van der Waals surface area contributed by atoms with Crippen LogP contribution in [0.5, 0.6) is 0 Å². The minimum Gasteiger partial charge on any atom is -0.384 e. The van der Waals surface area contributed by atoms with Crippen LogP contribution in [0.15, 0.2) is 24.7 Å². The highest BCUT2D eigenvalue weighted by Gasteiger charge is 2.06. The summed E-state index contributed by atoms with van der Waals surface area (Å²) in [7, 11) is 0. The van der Waals surface area contributed by atoms with Gasteiger partial charge >= 0.3 is 0 Å². The van der Waals surface area contributed by atoms with Crippen LogP contribution in [0.25, 0.3) is 11.4 Å². The van der Waals surface area contributed by atoms with Gasteiger partial charge < -0.3 is 10.3 Å². The molecule has 15 heavy (non-hydrogen) atoms. The molecule has 5 nitrogen and oxygen atoms in total. The number of rotatable bonds is 3. The third-order valence-corrected chi connectivity index (χ3v) is 2.12. The Kier molecular flexibility index (Phi) is 2.62. The second-order valence-electron chi connectivity index (χ2n) is 3.32. The van der Waals surface area contributed by atoms with E-state index in [9.17, 15) is 0 Å². The van der Waals surface area contributed by atoms with Crippen LogP contribution in [0, 0.1) is 0 Å². The lowest BCUT2D eigenvalue weighted by Crippen LogP contribution is -1.99. The molecule has 0 saturated carbocycles. The largest absolute Gasteiger partial charge is 0.384 e. The highest BCUT2D eigenvalue weighted by Crippen LogP contribution is 2.17. The molecule has 2 aromatic rings. The van der Waals surface area contributed by atoms with E-state index < -0.39 is 0 Å². The number of nitrogen functional groups attached to an aromatic ring is 1. The number of aromatic nitrogens is 4. The molecule has 2 aromatic heterocycles. The number of nitrogens with two attached hydrogens (primary N) is 1. The molecule has 2 heterocycles. The Morgan fingerprint density at radius 2 is 2.33 bits per heavy atom. The maximum Gasteiger partial charge on any atom is 0.163 e. The number of hydrogen-bond donors (Lipinski definition) is 1. The SMILES string of the molecule is CCCn1cnnc1-c1ccnc(N)c1. The lowest BCUT2D eigenvalue weighted by atomic mass is 10.2. The molecule has 0 atom stereocenters. The molecule has 0 radical (unpaired) electrons. The van der Waals surface area contributed by atoms with Gasteiger partial charge in [-0.05, 0) is 18.6 Å². The minimum absolute atomic E-state index is 0.499. The number of nitrogens with zero attached hydrogens (tertiary/aromatic N) is 4. The van der Waals surface area contributed by atoms with Crippen LogP contribution in [0.4, 0.5) is 5.82 Å². The van der Waals surface area contributed by atoms with Crippen LogP contribution >= 0.6 is 0 Å². The molecule has 5 heteroatoms. The van der Waals surface area contributed by atoms with E-state index >= 15 is 0 Å². The summed E-state index contributed by atoms with van der Waals surface area (Å²) < 4.78 is 2.01. The Balaban J connectivity index is 2.40. The van der Waals surface area contributed by atoms with Gasteiger partial charge in [-0.1, -0.05) is 6.92 Å². The molecule has 0 fully saturated rings. The Bertz CT molecular complexity index is 449. The van der Waals surface area contributed by atoms with Crippen LogP contribution in [0.3, 0.4) is 0 Å². The average molecular weight is 203 g/mol. The van der Waals surface area contributed by atoms with Gasteiger partial charge in [0.1, 0.15) is 12.1 Å². The maximum absolute atomic E-state index is 5.62. The van der Waals surface area contributed by atoms with Gasteiger partial charge in [0.05, 0.1) is 0 Å². The summed E-state index contributed by atoms with van der Waals surface area (Å²) >= 11 is 0. The molecule has 0 aliphatic heterocycles. The van der Waals surface area contributed by atoms with E-state index in [0.29, 0.717) is 5.82 Å². The van der Waals surface area contributed by atoms with Gasteiger partial charge in [-0.2, -0.15) is 0 Å². The molecule has 0 spiro atoms. The van der Waals surface area contributed by atoms with Crippen molar-refractivity contribution in [1.29, 1.82) is 0 Å². The first-order valence-corrected chi connectivity index (χ1v) is 4.91. The normalized spacial score (nSPS) is 10.5. The Labute approximate surface area is 88.0 Å². The second-order valence-corrected chi connectivity index (χ2v) is 3.32. The smallest absolute Gasteiger partial charge is 0.163 e. The van der Waals surface area contributed by atoms with E-state index in [2.05, 4.69) is 22.1 Å². The van der Waals surface area contributed by atoms with Crippen LogP contribution in [-0.4, -0.2) is 19.7 Å². The van der Waals surface area contributed by atoms with Gasteiger partial charge in [-0.25, -0.2) is 4.98 Å². The number of aryl methyl sites for hydroxylation is 1. The van der Waals surface area contributed by atoms with E-state index in [-0.39, 0.29) is 0 Å². The third kappa shape index (κ3) is 1.96. The van der Waals surface area contributed by atoms with Crippen molar-refractivity contribution in [3.63, 3.8) is 0 Å². The number of hydrogen-bond acceptors (Lipinski definition) is 4. The first-order valence-electron chi connectivity index (χ1n) is 4.91. The average Bonchev–Trinajstić information content (AvgIpc) is 2.66. The molecule has 78 valence electrons. The molecule has 2 rings (SSSR count). The van der Waals surface area contributed by atoms with Crippen molar-refractivity contribution >= 4 is 5.82 Å². The topological polar surface area (TPSA) is 69.6 Å². The Morgan fingerprint density at radius 1 is 1.47 bits per heavy atom. The molecular formula is C10H13N5. The summed E-state index contributed by atoms with van der Waals surface area (Å²) in [6, 6.07) is 3.68.